The van der Waals surface area contributed by atoms with Gasteiger partial charge in [-0.1, -0.05) is 0 Å². The number of amides is 1. The molecular weight excluding hydrogens is 358 g/mol. The van der Waals surface area contributed by atoms with Crippen molar-refractivity contribution in [2.75, 3.05) is 29.9 Å². The van der Waals surface area contributed by atoms with Crippen LogP contribution in [0, 0.1) is 11.3 Å². The largest absolute Gasteiger partial charge is 0.465 e. The third-order valence-corrected chi connectivity index (χ3v) is 4.38. The average molecular weight is 379 g/mol. The summed E-state index contributed by atoms with van der Waals surface area (Å²) in [5.41, 5.74) is 1.51. The highest BCUT2D eigenvalue weighted by molar-refractivity contribution is 5.99. The molecule has 2 heterocycles. The second-order valence-corrected chi connectivity index (χ2v) is 6.40. The minimum absolute atomic E-state index is 0.242. The molecule has 2 aromatic rings. The van der Waals surface area contributed by atoms with Crippen LogP contribution in [-0.4, -0.2) is 31.6 Å². The van der Waals surface area contributed by atoms with Crippen LogP contribution in [0.1, 0.15) is 25.0 Å². The molecule has 28 heavy (non-hydrogen) atoms. The first kappa shape index (κ1) is 19.2. The Morgan fingerprint density at radius 2 is 1.93 bits per heavy atom. The van der Waals surface area contributed by atoms with Gasteiger partial charge < -0.3 is 19.4 Å². The Bertz CT molecular complexity index is 873. The number of ether oxygens (including phenoxy) is 1. The molecule has 0 spiro atoms. The van der Waals surface area contributed by atoms with Gasteiger partial charge in [0.15, 0.2) is 6.61 Å². The third-order valence-electron chi connectivity index (χ3n) is 4.38. The molecule has 0 saturated carbocycles. The van der Waals surface area contributed by atoms with Crippen LogP contribution in [0.25, 0.3) is 6.08 Å². The Kier molecular flexibility index (Phi) is 6.47. The zero-order valence-electron chi connectivity index (χ0n) is 15.4. The number of anilines is 2. The minimum Gasteiger partial charge on any atom is -0.465 e. The first-order valence-electron chi connectivity index (χ1n) is 9.13. The molecule has 0 bridgehead atoms. The summed E-state index contributed by atoms with van der Waals surface area (Å²) in [6.07, 6.45) is 6.36. The van der Waals surface area contributed by atoms with Crippen LogP contribution in [0.3, 0.4) is 0 Å². The highest BCUT2D eigenvalue weighted by atomic mass is 16.5. The van der Waals surface area contributed by atoms with Crippen molar-refractivity contribution < 1.29 is 18.7 Å². The van der Waals surface area contributed by atoms with E-state index in [1.807, 2.05) is 24.3 Å². The van der Waals surface area contributed by atoms with E-state index in [9.17, 15) is 9.59 Å². The Labute approximate surface area is 163 Å². The lowest BCUT2D eigenvalue weighted by molar-refractivity contribution is -0.142. The number of nitrogens with one attached hydrogen (secondary N) is 1. The minimum atomic E-state index is -0.880. The van der Waals surface area contributed by atoms with Gasteiger partial charge in [0.25, 0.3) is 5.91 Å². The average Bonchev–Trinajstić information content (AvgIpc) is 3.25. The molecule has 7 nitrogen and oxygen atoms in total. The Morgan fingerprint density at radius 1 is 1.18 bits per heavy atom. The summed E-state index contributed by atoms with van der Waals surface area (Å²) >= 11 is 0. The smallest absolute Gasteiger partial charge is 0.349 e. The number of carbonyl (C=O) groups is 2. The van der Waals surface area contributed by atoms with Gasteiger partial charge in [-0.15, -0.1) is 0 Å². The Hall–Kier alpha value is -3.53. The van der Waals surface area contributed by atoms with Gasteiger partial charge in [-0.2, -0.15) is 5.26 Å². The predicted octanol–water partition coefficient (Wildman–Crippen LogP) is 3.36. The third kappa shape index (κ3) is 5.24. The molecule has 1 aromatic heterocycles. The summed E-state index contributed by atoms with van der Waals surface area (Å²) in [5.74, 6) is -1.00. The van der Waals surface area contributed by atoms with E-state index < -0.39 is 18.5 Å². The van der Waals surface area contributed by atoms with Gasteiger partial charge in [0, 0.05) is 30.5 Å². The van der Waals surface area contributed by atoms with Crippen LogP contribution in [0.4, 0.5) is 11.4 Å². The van der Waals surface area contributed by atoms with E-state index in [2.05, 4.69) is 10.2 Å². The number of hydrogen-bond acceptors (Lipinski definition) is 6. The lowest BCUT2D eigenvalue weighted by Gasteiger charge is -2.28. The normalized spacial score (nSPS) is 14.2. The van der Waals surface area contributed by atoms with Crippen molar-refractivity contribution in [1.29, 1.82) is 5.26 Å². The summed E-state index contributed by atoms with van der Waals surface area (Å²) in [6, 6.07) is 12.5. The molecule has 0 aliphatic carbocycles. The Balaban J connectivity index is 1.50. The van der Waals surface area contributed by atoms with Crippen LogP contribution in [0.5, 0.6) is 0 Å². The van der Waals surface area contributed by atoms with Gasteiger partial charge in [-0.3, -0.25) is 4.79 Å². The van der Waals surface area contributed by atoms with Gasteiger partial charge in [0.1, 0.15) is 17.4 Å². The van der Waals surface area contributed by atoms with Gasteiger partial charge in [-0.05, 0) is 55.7 Å². The van der Waals surface area contributed by atoms with Crippen molar-refractivity contribution in [3.63, 3.8) is 0 Å². The van der Waals surface area contributed by atoms with Gasteiger partial charge in [0.2, 0.25) is 0 Å². The molecule has 1 amide bonds. The number of piperidine rings is 1. The fraction of sp³-hybridized carbons (Fsp3) is 0.286. The molecule has 144 valence electrons. The van der Waals surface area contributed by atoms with E-state index in [0.29, 0.717) is 11.4 Å². The molecule has 1 aliphatic heterocycles. The Morgan fingerprint density at radius 3 is 2.57 bits per heavy atom. The lowest BCUT2D eigenvalue weighted by atomic mass is 10.1. The molecule has 1 saturated heterocycles. The topological polar surface area (TPSA) is 95.6 Å². The summed E-state index contributed by atoms with van der Waals surface area (Å²) in [7, 11) is 0. The fourth-order valence-electron chi connectivity index (χ4n) is 2.97. The number of furan rings is 1. The predicted molar refractivity (Wildman–Crippen MR) is 104 cm³/mol. The quantitative estimate of drug-likeness (QED) is 0.470. The number of esters is 1. The van der Waals surface area contributed by atoms with Gasteiger partial charge in [0.05, 0.1) is 6.26 Å². The molecule has 3 rings (SSSR count). The number of nitriles is 1. The molecule has 1 aromatic carbocycles. The summed E-state index contributed by atoms with van der Waals surface area (Å²) < 4.78 is 9.96. The van der Waals surface area contributed by atoms with Crippen LogP contribution >= 0.6 is 0 Å². The van der Waals surface area contributed by atoms with E-state index >= 15 is 0 Å². The van der Waals surface area contributed by atoms with Crippen molar-refractivity contribution in [3.05, 3.63) is 54.0 Å². The van der Waals surface area contributed by atoms with Crippen LogP contribution in [0.2, 0.25) is 0 Å². The van der Waals surface area contributed by atoms with Crippen LogP contribution in [0.15, 0.2) is 52.7 Å². The maximum Gasteiger partial charge on any atom is 0.349 e. The first-order valence-corrected chi connectivity index (χ1v) is 9.13. The van der Waals surface area contributed by atoms with Crippen molar-refractivity contribution in [2.45, 2.75) is 19.3 Å². The first-order chi connectivity index (χ1) is 13.7. The summed E-state index contributed by atoms with van der Waals surface area (Å²) in [5, 5.41) is 11.7. The van der Waals surface area contributed by atoms with Crippen molar-refractivity contribution in [3.8, 4) is 6.07 Å². The monoisotopic (exact) mass is 379 g/mol. The number of benzene rings is 1. The molecule has 1 aliphatic rings. The number of rotatable bonds is 6. The van der Waals surface area contributed by atoms with Crippen molar-refractivity contribution >= 4 is 29.3 Å². The van der Waals surface area contributed by atoms with Crippen molar-refractivity contribution in [2.24, 2.45) is 0 Å². The fourth-order valence-corrected chi connectivity index (χ4v) is 2.97. The van der Waals surface area contributed by atoms with E-state index in [-0.39, 0.29) is 5.57 Å². The molecule has 0 unspecified atom stereocenters. The molecule has 1 N–H and O–H groups in total. The maximum atomic E-state index is 12.0. The lowest BCUT2D eigenvalue weighted by Crippen LogP contribution is -2.29. The van der Waals surface area contributed by atoms with Gasteiger partial charge >= 0.3 is 5.97 Å². The molecule has 0 atom stereocenters. The summed E-state index contributed by atoms with van der Waals surface area (Å²) in [6.45, 7) is 1.62. The summed E-state index contributed by atoms with van der Waals surface area (Å²) in [4.78, 5) is 26.3. The number of hydrogen-bond donors (Lipinski definition) is 1. The van der Waals surface area contributed by atoms with Gasteiger partial charge in [-0.25, -0.2) is 4.79 Å². The second-order valence-electron chi connectivity index (χ2n) is 6.40. The van der Waals surface area contributed by atoms with Crippen molar-refractivity contribution in [1.82, 2.24) is 0 Å². The van der Waals surface area contributed by atoms with E-state index in [4.69, 9.17) is 14.4 Å². The zero-order chi connectivity index (χ0) is 19.8. The van der Waals surface area contributed by atoms with E-state index in [0.717, 1.165) is 18.8 Å². The standard InChI is InChI=1S/C21H21N3O4/c22-14-16(13-19-5-4-12-27-19)21(26)28-15-20(25)23-17-6-8-18(9-7-17)24-10-2-1-3-11-24/h4-9,12-13H,1-3,10-11,15H2,(H,23,25)/b16-13+. The number of carbonyl (C=O) groups excluding carboxylic acids is 2. The molecule has 7 heteroatoms. The van der Waals surface area contributed by atoms with Crippen LogP contribution in [-0.2, 0) is 14.3 Å². The van der Waals surface area contributed by atoms with Crippen LogP contribution < -0.4 is 10.2 Å². The maximum absolute atomic E-state index is 12.0. The highest BCUT2D eigenvalue weighted by Crippen LogP contribution is 2.21. The molecular formula is C21H21N3O4. The SMILES string of the molecule is N#C/C(=C\c1ccco1)C(=O)OCC(=O)Nc1ccc(N2CCCCC2)cc1. The molecule has 0 radical (unpaired) electrons. The highest BCUT2D eigenvalue weighted by Gasteiger charge is 2.14. The zero-order valence-corrected chi connectivity index (χ0v) is 15.4. The molecule has 1 fully saturated rings. The van der Waals surface area contributed by atoms with E-state index in [1.54, 1.807) is 18.2 Å². The second kappa shape index (κ2) is 9.42. The van der Waals surface area contributed by atoms with E-state index in [1.165, 1.54) is 31.6 Å². The number of nitrogens with zero attached hydrogens (tertiary/aromatic N) is 2.